The molecule has 3 aromatic rings. The molecular weight excluding hydrogens is 396 g/mol. The number of carbonyl (C=O) groups is 2. The number of carbonyl (C=O) groups excluding carboxylic acids is 2. The summed E-state index contributed by atoms with van der Waals surface area (Å²) in [6, 6.07) is 13.3. The Balaban J connectivity index is 1.51. The van der Waals surface area contributed by atoms with Gasteiger partial charge >= 0.3 is 0 Å². The minimum atomic E-state index is -0.396. The Kier molecular flexibility index (Phi) is 4.24. The highest BCUT2D eigenvalue weighted by atomic mass is 79.9. The summed E-state index contributed by atoms with van der Waals surface area (Å²) in [5, 5.41) is 0. The molecule has 0 aliphatic carbocycles. The minimum absolute atomic E-state index is 0.0395. The van der Waals surface area contributed by atoms with E-state index in [1.807, 2.05) is 49.4 Å². The fourth-order valence-electron chi connectivity index (χ4n) is 3.19. The second kappa shape index (κ2) is 6.57. The molecule has 0 saturated carbocycles. The van der Waals surface area contributed by atoms with Crippen molar-refractivity contribution in [1.29, 1.82) is 0 Å². The van der Waals surface area contributed by atoms with Gasteiger partial charge in [0.2, 0.25) is 11.8 Å². The molecule has 1 aromatic heterocycles. The number of fused-ring (bicyclic) bond motifs is 1. The quantitative estimate of drug-likeness (QED) is 0.717. The third kappa shape index (κ3) is 2.99. The highest BCUT2D eigenvalue weighted by molar-refractivity contribution is 9.10. The van der Waals surface area contributed by atoms with E-state index in [0.29, 0.717) is 6.54 Å². The molecule has 1 atom stereocenters. The maximum Gasteiger partial charge on any atom is 0.244 e. The number of halogens is 1. The van der Waals surface area contributed by atoms with Gasteiger partial charge in [0.1, 0.15) is 6.33 Å². The standard InChI is InChI=1S/C19H17BrN4O2/c1-12-8-14(6-7-15(12)20)23-10-13(9-18(23)25)19(26)22-24-11-21-16-4-2-3-5-17(16)24/h2-8,11,13H,9-10H2,1H3,(H,22,26). The summed E-state index contributed by atoms with van der Waals surface area (Å²) >= 11 is 3.46. The van der Waals surface area contributed by atoms with Gasteiger partial charge in [-0.15, -0.1) is 0 Å². The molecule has 26 heavy (non-hydrogen) atoms. The molecule has 1 aliphatic rings. The van der Waals surface area contributed by atoms with Crippen LogP contribution in [0.15, 0.2) is 53.3 Å². The van der Waals surface area contributed by atoms with Crippen LogP contribution in [0.3, 0.4) is 0 Å². The van der Waals surface area contributed by atoms with Gasteiger partial charge in [0.15, 0.2) is 0 Å². The van der Waals surface area contributed by atoms with Crippen molar-refractivity contribution in [2.24, 2.45) is 5.92 Å². The molecule has 132 valence electrons. The largest absolute Gasteiger partial charge is 0.312 e. The zero-order valence-electron chi connectivity index (χ0n) is 14.1. The highest BCUT2D eigenvalue weighted by Crippen LogP contribution is 2.28. The van der Waals surface area contributed by atoms with Gasteiger partial charge in [-0.25, -0.2) is 9.66 Å². The maximum atomic E-state index is 12.7. The Morgan fingerprint density at radius 2 is 2.08 bits per heavy atom. The zero-order valence-corrected chi connectivity index (χ0v) is 15.7. The van der Waals surface area contributed by atoms with E-state index in [2.05, 4.69) is 26.3 Å². The lowest BCUT2D eigenvalue weighted by atomic mass is 10.1. The Hall–Kier alpha value is -2.67. The first-order valence-electron chi connectivity index (χ1n) is 8.32. The molecule has 2 amide bonds. The second-order valence-corrected chi connectivity index (χ2v) is 7.27. The molecule has 1 fully saturated rings. The van der Waals surface area contributed by atoms with Crippen LogP contribution in [0, 0.1) is 12.8 Å². The van der Waals surface area contributed by atoms with Crippen molar-refractivity contribution < 1.29 is 9.59 Å². The number of anilines is 1. The summed E-state index contributed by atoms with van der Waals surface area (Å²) in [6.45, 7) is 2.35. The van der Waals surface area contributed by atoms with Crippen molar-refractivity contribution in [1.82, 2.24) is 9.66 Å². The summed E-state index contributed by atoms with van der Waals surface area (Å²) in [5.41, 5.74) is 6.35. The third-order valence-corrected chi connectivity index (χ3v) is 5.52. The van der Waals surface area contributed by atoms with E-state index in [4.69, 9.17) is 0 Å². The SMILES string of the molecule is Cc1cc(N2CC(C(=O)Nn3cnc4ccccc43)CC2=O)ccc1Br. The van der Waals surface area contributed by atoms with Crippen LogP contribution in [0.1, 0.15) is 12.0 Å². The second-order valence-electron chi connectivity index (χ2n) is 6.42. The number of rotatable bonds is 3. The average molecular weight is 413 g/mol. The zero-order chi connectivity index (χ0) is 18.3. The molecule has 1 N–H and O–H groups in total. The van der Waals surface area contributed by atoms with Crippen LogP contribution in [0.25, 0.3) is 11.0 Å². The number of amides is 2. The van der Waals surface area contributed by atoms with Gasteiger partial charge in [0.05, 0.1) is 17.0 Å². The number of hydrogen-bond donors (Lipinski definition) is 1. The first-order chi connectivity index (χ1) is 12.5. The van der Waals surface area contributed by atoms with Crippen LogP contribution in [0.4, 0.5) is 5.69 Å². The molecule has 0 radical (unpaired) electrons. The molecule has 1 aliphatic heterocycles. The van der Waals surface area contributed by atoms with E-state index in [9.17, 15) is 9.59 Å². The Morgan fingerprint density at radius 1 is 1.27 bits per heavy atom. The van der Waals surface area contributed by atoms with Gasteiger partial charge in [-0.3, -0.25) is 15.0 Å². The topological polar surface area (TPSA) is 67.2 Å². The molecule has 0 spiro atoms. The Bertz CT molecular complexity index is 1010. The lowest BCUT2D eigenvalue weighted by molar-refractivity contribution is -0.123. The van der Waals surface area contributed by atoms with Gasteiger partial charge in [0, 0.05) is 23.1 Å². The highest BCUT2D eigenvalue weighted by Gasteiger charge is 2.35. The Morgan fingerprint density at radius 3 is 2.88 bits per heavy atom. The normalized spacial score (nSPS) is 17.1. The fraction of sp³-hybridized carbons (Fsp3) is 0.211. The van der Waals surface area contributed by atoms with E-state index >= 15 is 0 Å². The lowest BCUT2D eigenvalue weighted by Crippen LogP contribution is -2.31. The predicted molar refractivity (Wildman–Crippen MR) is 103 cm³/mol. The number of nitrogens with zero attached hydrogens (tertiary/aromatic N) is 3. The van der Waals surface area contributed by atoms with E-state index in [0.717, 1.165) is 26.8 Å². The van der Waals surface area contributed by atoms with Gasteiger partial charge in [-0.1, -0.05) is 28.1 Å². The van der Waals surface area contributed by atoms with E-state index < -0.39 is 5.92 Å². The van der Waals surface area contributed by atoms with Crippen molar-refractivity contribution in [2.75, 3.05) is 16.9 Å². The fourth-order valence-corrected chi connectivity index (χ4v) is 3.43. The first-order valence-corrected chi connectivity index (χ1v) is 9.11. The molecule has 0 bridgehead atoms. The molecule has 1 saturated heterocycles. The molecule has 2 heterocycles. The number of para-hydroxylation sites is 2. The average Bonchev–Trinajstić information content (AvgIpc) is 3.22. The number of aryl methyl sites for hydroxylation is 1. The van der Waals surface area contributed by atoms with E-state index in [1.54, 1.807) is 15.9 Å². The molecule has 4 rings (SSSR count). The number of aromatic nitrogens is 2. The molecule has 6 nitrogen and oxygen atoms in total. The molecular formula is C19H17BrN4O2. The molecule has 7 heteroatoms. The molecule has 1 unspecified atom stereocenters. The summed E-state index contributed by atoms with van der Waals surface area (Å²) in [6.07, 6.45) is 1.78. The van der Waals surface area contributed by atoms with Crippen molar-refractivity contribution >= 4 is 44.5 Å². The summed E-state index contributed by atoms with van der Waals surface area (Å²) in [4.78, 5) is 31.0. The van der Waals surface area contributed by atoms with Gasteiger partial charge < -0.3 is 4.90 Å². The predicted octanol–water partition coefficient (Wildman–Crippen LogP) is 3.23. The van der Waals surface area contributed by atoms with Crippen LogP contribution < -0.4 is 10.3 Å². The van der Waals surface area contributed by atoms with Crippen LogP contribution in [0.5, 0.6) is 0 Å². The summed E-state index contributed by atoms with van der Waals surface area (Å²) in [5.74, 6) is -0.618. The summed E-state index contributed by atoms with van der Waals surface area (Å²) in [7, 11) is 0. The van der Waals surface area contributed by atoms with E-state index in [-0.39, 0.29) is 18.2 Å². The number of benzene rings is 2. The van der Waals surface area contributed by atoms with Gasteiger partial charge in [-0.05, 0) is 42.8 Å². The van der Waals surface area contributed by atoms with Crippen molar-refractivity contribution in [3.63, 3.8) is 0 Å². The van der Waals surface area contributed by atoms with Crippen LogP contribution in [-0.4, -0.2) is 28.0 Å². The lowest BCUT2D eigenvalue weighted by Gasteiger charge is -2.18. The van der Waals surface area contributed by atoms with Gasteiger partial charge in [0.25, 0.3) is 0 Å². The van der Waals surface area contributed by atoms with E-state index in [1.165, 1.54) is 0 Å². The summed E-state index contributed by atoms with van der Waals surface area (Å²) < 4.78 is 2.60. The number of nitrogens with one attached hydrogen (secondary N) is 1. The Labute approximate surface area is 158 Å². The van der Waals surface area contributed by atoms with Crippen LogP contribution in [0.2, 0.25) is 0 Å². The van der Waals surface area contributed by atoms with Crippen LogP contribution in [-0.2, 0) is 9.59 Å². The van der Waals surface area contributed by atoms with Crippen LogP contribution >= 0.6 is 15.9 Å². The number of imidazole rings is 1. The monoisotopic (exact) mass is 412 g/mol. The van der Waals surface area contributed by atoms with Crippen molar-refractivity contribution in [3.8, 4) is 0 Å². The smallest absolute Gasteiger partial charge is 0.244 e. The first kappa shape index (κ1) is 16.8. The van der Waals surface area contributed by atoms with Crippen molar-refractivity contribution in [2.45, 2.75) is 13.3 Å². The third-order valence-electron chi connectivity index (χ3n) is 4.63. The van der Waals surface area contributed by atoms with Crippen molar-refractivity contribution in [3.05, 3.63) is 58.8 Å². The van der Waals surface area contributed by atoms with Gasteiger partial charge in [-0.2, -0.15) is 0 Å². The minimum Gasteiger partial charge on any atom is -0.312 e. The molecule has 2 aromatic carbocycles. The number of hydrogen-bond acceptors (Lipinski definition) is 3. The maximum absolute atomic E-state index is 12.7.